The number of thiocarbonyl (C=S) groups is 1. The van der Waals surface area contributed by atoms with E-state index in [1.807, 2.05) is 18.2 Å². The third kappa shape index (κ3) is 3.81. The zero-order valence-electron chi connectivity index (χ0n) is 9.76. The second-order valence-corrected chi connectivity index (χ2v) is 4.38. The summed E-state index contributed by atoms with van der Waals surface area (Å²) in [7, 11) is 0. The van der Waals surface area contributed by atoms with Crippen LogP contribution in [0.25, 0.3) is 0 Å². The molecular weight excluding hydrogens is 286 g/mol. The Hall–Kier alpha value is -1.85. The number of ether oxygens (including phenoxy) is 1. The highest BCUT2D eigenvalue weighted by Crippen LogP contribution is 2.15. The van der Waals surface area contributed by atoms with Crippen LogP contribution in [0, 0.1) is 0 Å². The molecule has 1 aromatic heterocycles. The van der Waals surface area contributed by atoms with Crippen molar-refractivity contribution in [1.29, 1.82) is 0 Å². The molecule has 1 amide bonds. The molecule has 98 valence electrons. The zero-order chi connectivity index (χ0) is 13.7. The maximum Gasteiger partial charge on any atom is 0.294 e. The van der Waals surface area contributed by atoms with Gasteiger partial charge in [-0.1, -0.05) is 29.8 Å². The van der Waals surface area contributed by atoms with E-state index in [0.717, 1.165) is 5.56 Å². The lowest BCUT2D eigenvalue weighted by Gasteiger charge is -2.08. The molecule has 6 heteroatoms. The van der Waals surface area contributed by atoms with Crippen LogP contribution in [-0.4, -0.2) is 11.1 Å². The maximum absolute atomic E-state index is 11.6. The summed E-state index contributed by atoms with van der Waals surface area (Å²) in [5.74, 6) is -0.280. The van der Waals surface area contributed by atoms with Gasteiger partial charge < -0.3 is 9.15 Å². The fraction of sp³-hybridized carbons (Fsp3) is 0.0769. The summed E-state index contributed by atoms with van der Waals surface area (Å²) in [6, 6.07) is 10.4. The predicted molar refractivity (Wildman–Crippen MR) is 75.0 cm³/mol. The Bertz CT molecular complexity index is 583. The van der Waals surface area contributed by atoms with Crippen LogP contribution in [0.5, 0.6) is 0 Å². The molecule has 0 fully saturated rings. The Morgan fingerprint density at radius 1 is 1.32 bits per heavy atom. The maximum atomic E-state index is 11.6. The van der Waals surface area contributed by atoms with Gasteiger partial charge >= 0.3 is 0 Å². The van der Waals surface area contributed by atoms with E-state index in [-0.39, 0.29) is 17.5 Å². The number of carbonyl (C=O) groups excluding carboxylic acids is 1. The number of halogens is 1. The van der Waals surface area contributed by atoms with Crippen molar-refractivity contribution in [3.8, 4) is 0 Å². The highest BCUT2D eigenvalue weighted by atomic mass is 35.5. The molecule has 4 nitrogen and oxygen atoms in total. The Balaban J connectivity index is 1.85. The standard InChI is InChI=1S/C13H10ClNO3S/c14-10-5-2-1-4-9(10)8-18-13(19)15-12(16)11-6-3-7-17-11/h1-7H,8H2,(H,15,16,19). The number of carbonyl (C=O) groups is 1. The molecule has 0 aliphatic rings. The van der Waals surface area contributed by atoms with E-state index in [1.165, 1.54) is 12.3 Å². The molecule has 2 aromatic rings. The Labute approximate surface area is 120 Å². The van der Waals surface area contributed by atoms with E-state index in [2.05, 4.69) is 5.32 Å². The number of amides is 1. The number of nitrogens with one attached hydrogen (secondary N) is 1. The molecule has 0 saturated carbocycles. The average Bonchev–Trinajstić information content (AvgIpc) is 2.91. The van der Waals surface area contributed by atoms with Crippen molar-refractivity contribution < 1.29 is 13.9 Å². The summed E-state index contributed by atoms with van der Waals surface area (Å²) in [6.45, 7) is 0.191. The van der Waals surface area contributed by atoms with Gasteiger partial charge in [-0.25, -0.2) is 0 Å². The van der Waals surface area contributed by atoms with Crippen molar-refractivity contribution in [3.63, 3.8) is 0 Å². The average molecular weight is 296 g/mol. The topological polar surface area (TPSA) is 51.5 Å². The second kappa shape index (κ2) is 6.36. The molecular formula is C13H10ClNO3S. The smallest absolute Gasteiger partial charge is 0.294 e. The lowest BCUT2D eigenvalue weighted by atomic mass is 10.2. The summed E-state index contributed by atoms with van der Waals surface area (Å²) in [6.07, 6.45) is 1.41. The first-order chi connectivity index (χ1) is 9.16. The van der Waals surface area contributed by atoms with Crippen molar-refractivity contribution >= 4 is 34.9 Å². The first-order valence-electron chi connectivity index (χ1n) is 5.42. The normalized spacial score (nSPS) is 9.95. The largest absolute Gasteiger partial charge is 0.466 e. The highest BCUT2D eigenvalue weighted by Gasteiger charge is 2.11. The minimum atomic E-state index is -0.450. The van der Waals surface area contributed by atoms with Crippen LogP contribution >= 0.6 is 23.8 Å². The van der Waals surface area contributed by atoms with Crippen LogP contribution in [0.1, 0.15) is 16.1 Å². The van der Waals surface area contributed by atoms with Gasteiger partial charge in [-0.15, -0.1) is 0 Å². The molecule has 0 unspecified atom stereocenters. The molecule has 0 radical (unpaired) electrons. The molecule has 1 aromatic carbocycles. The summed E-state index contributed by atoms with van der Waals surface area (Å²) in [5, 5.41) is 2.96. The first-order valence-corrected chi connectivity index (χ1v) is 6.20. The van der Waals surface area contributed by atoms with Crippen molar-refractivity contribution in [3.05, 3.63) is 59.0 Å². The molecule has 0 spiro atoms. The second-order valence-electron chi connectivity index (χ2n) is 3.60. The fourth-order valence-corrected chi connectivity index (χ4v) is 1.70. The monoisotopic (exact) mass is 295 g/mol. The van der Waals surface area contributed by atoms with Gasteiger partial charge in [0.2, 0.25) is 0 Å². The Morgan fingerprint density at radius 2 is 2.11 bits per heavy atom. The van der Waals surface area contributed by atoms with E-state index < -0.39 is 5.91 Å². The molecule has 19 heavy (non-hydrogen) atoms. The van der Waals surface area contributed by atoms with Crippen LogP contribution in [0.2, 0.25) is 5.02 Å². The Morgan fingerprint density at radius 3 is 2.79 bits per heavy atom. The quantitative estimate of drug-likeness (QED) is 0.884. The van der Waals surface area contributed by atoms with Crippen molar-refractivity contribution in [2.45, 2.75) is 6.61 Å². The molecule has 1 N–H and O–H groups in total. The van der Waals surface area contributed by atoms with Gasteiger partial charge in [0.05, 0.1) is 6.26 Å². The lowest BCUT2D eigenvalue weighted by Crippen LogP contribution is -2.30. The third-order valence-electron chi connectivity index (χ3n) is 2.28. The SMILES string of the molecule is O=C(NC(=S)OCc1ccccc1Cl)c1ccco1. The van der Waals surface area contributed by atoms with E-state index in [9.17, 15) is 4.79 Å². The van der Waals surface area contributed by atoms with E-state index in [4.69, 9.17) is 33.0 Å². The molecule has 0 saturated heterocycles. The molecule has 0 aliphatic heterocycles. The summed E-state index contributed by atoms with van der Waals surface area (Å²) < 4.78 is 10.2. The first kappa shape index (κ1) is 13.6. The van der Waals surface area contributed by atoms with Gasteiger partial charge in [0.25, 0.3) is 11.1 Å². The van der Waals surface area contributed by atoms with Crippen LogP contribution in [0.3, 0.4) is 0 Å². The summed E-state index contributed by atoms with van der Waals surface area (Å²) in [4.78, 5) is 11.6. The fourth-order valence-electron chi connectivity index (χ4n) is 1.36. The van der Waals surface area contributed by atoms with Crippen LogP contribution in [0.15, 0.2) is 47.1 Å². The molecule has 0 bridgehead atoms. The number of hydrogen-bond donors (Lipinski definition) is 1. The van der Waals surface area contributed by atoms with Gasteiger partial charge in [0, 0.05) is 10.6 Å². The minimum Gasteiger partial charge on any atom is -0.466 e. The summed E-state index contributed by atoms with van der Waals surface area (Å²) >= 11 is 10.9. The highest BCUT2D eigenvalue weighted by molar-refractivity contribution is 7.80. The molecule has 0 atom stereocenters. The van der Waals surface area contributed by atoms with E-state index >= 15 is 0 Å². The van der Waals surface area contributed by atoms with Gasteiger partial charge in [-0.3, -0.25) is 10.1 Å². The predicted octanol–water partition coefficient (Wildman–Crippen LogP) is 3.16. The molecule has 1 heterocycles. The van der Waals surface area contributed by atoms with E-state index in [1.54, 1.807) is 12.1 Å². The van der Waals surface area contributed by atoms with Crippen LogP contribution < -0.4 is 5.32 Å². The van der Waals surface area contributed by atoms with Crippen LogP contribution in [-0.2, 0) is 11.3 Å². The van der Waals surface area contributed by atoms with Gasteiger partial charge in [0.15, 0.2) is 5.76 Å². The minimum absolute atomic E-state index is 0.0266. The van der Waals surface area contributed by atoms with Crippen molar-refractivity contribution in [2.24, 2.45) is 0 Å². The van der Waals surface area contributed by atoms with Crippen molar-refractivity contribution in [2.75, 3.05) is 0 Å². The lowest BCUT2D eigenvalue weighted by molar-refractivity contribution is 0.0939. The van der Waals surface area contributed by atoms with Gasteiger partial charge in [-0.05, 0) is 30.4 Å². The van der Waals surface area contributed by atoms with Crippen LogP contribution in [0.4, 0.5) is 0 Å². The van der Waals surface area contributed by atoms with E-state index in [0.29, 0.717) is 5.02 Å². The van der Waals surface area contributed by atoms with Gasteiger partial charge in [-0.2, -0.15) is 0 Å². The Kier molecular flexibility index (Phi) is 4.54. The van der Waals surface area contributed by atoms with Gasteiger partial charge in [0.1, 0.15) is 6.61 Å². The number of benzene rings is 1. The summed E-state index contributed by atoms with van der Waals surface area (Å²) in [5.41, 5.74) is 0.791. The van der Waals surface area contributed by atoms with Crippen molar-refractivity contribution in [1.82, 2.24) is 5.32 Å². The number of furan rings is 1. The molecule has 0 aliphatic carbocycles. The number of rotatable bonds is 3. The molecule has 2 rings (SSSR count). The third-order valence-corrected chi connectivity index (χ3v) is 2.87. The number of hydrogen-bond acceptors (Lipinski definition) is 4. The zero-order valence-corrected chi connectivity index (χ0v) is 11.3.